The van der Waals surface area contributed by atoms with E-state index in [1.54, 1.807) is 12.1 Å². The average Bonchev–Trinajstić information content (AvgIpc) is 3.31. The molecule has 1 fully saturated rings. The number of aryl methyl sites for hydroxylation is 1. The molecule has 21 heavy (non-hydrogen) atoms. The molecule has 0 bridgehead atoms. The third kappa shape index (κ3) is 4.13. The van der Waals surface area contributed by atoms with Gasteiger partial charge in [0.25, 0.3) is 0 Å². The van der Waals surface area contributed by atoms with Gasteiger partial charge in [-0.25, -0.2) is 14.1 Å². The Kier molecular flexibility index (Phi) is 7.06. The molecule has 1 aliphatic carbocycles. The number of benzene rings is 1. The van der Waals surface area contributed by atoms with Crippen molar-refractivity contribution in [3.05, 3.63) is 35.9 Å². The van der Waals surface area contributed by atoms with Gasteiger partial charge in [0.1, 0.15) is 11.6 Å². The lowest BCUT2D eigenvalue weighted by molar-refractivity contribution is 0.602. The van der Waals surface area contributed by atoms with Crippen molar-refractivity contribution in [2.75, 3.05) is 0 Å². The fraction of sp³-hybridized carbons (Fsp3) is 0.529. The highest BCUT2D eigenvalue weighted by Gasteiger charge is 2.28. The topological polar surface area (TPSA) is 30.7 Å². The number of nitrogens with zero attached hydrogens (tertiary/aromatic N) is 3. The van der Waals surface area contributed by atoms with Gasteiger partial charge in [0.15, 0.2) is 5.82 Å². The van der Waals surface area contributed by atoms with Crippen molar-refractivity contribution in [1.29, 1.82) is 0 Å². The molecule has 0 amide bonds. The fourth-order valence-corrected chi connectivity index (χ4v) is 1.96. The van der Waals surface area contributed by atoms with Crippen molar-refractivity contribution in [3.8, 4) is 11.4 Å². The zero-order chi connectivity index (χ0) is 15.8. The number of hydrogen-bond donors (Lipinski definition) is 0. The molecule has 0 saturated heterocycles. The number of halogens is 1. The van der Waals surface area contributed by atoms with Crippen molar-refractivity contribution < 1.29 is 4.39 Å². The normalized spacial score (nSPS) is 12.9. The fourth-order valence-electron chi connectivity index (χ4n) is 1.96. The second-order valence-corrected chi connectivity index (χ2v) is 4.36. The van der Waals surface area contributed by atoms with Crippen LogP contribution in [0.2, 0.25) is 0 Å². The van der Waals surface area contributed by atoms with Crippen LogP contribution in [0.3, 0.4) is 0 Å². The van der Waals surface area contributed by atoms with Gasteiger partial charge in [-0.05, 0) is 25.0 Å². The minimum atomic E-state index is -0.261. The molecule has 1 saturated carbocycles. The first-order valence-electron chi connectivity index (χ1n) is 8.00. The Labute approximate surface area is 127 Å². The van der Waals surface area contributed by atoms with Crippen LogP contribution in [-0.4, -0.2) is 14.8 Å². The van der Waals surface area contributed by atoms with E-state index >= 15 is 0 Å². The van der Waals surface area contributed by atoms with Crippen molar-refractivity contribution in [2.45, 2.75) is 59.9 Å². The van der Waals surface area contributed by atoms with Gasteiger partial charge in [0.05, 0.1) is 11.6 Å². The smallest absolute Gasteiger partial charge is 0.184 e. The van der Waals surface area contributed by atoms with Gasteiger partial charge in [-0.2, -0.15) is 5.10 Å². The van der Waals surface area contributed by atoms with Crippen LogP contribution in [-0.2, 0) is 6.42 Å². The molecule has 2 aromatic rings. The summed E-state index contributed by atoms with van der Waals surface area (Å²) in [5.74, 6) is 1.20. The van der Waals surface area contributed by atoms with Gasteiger partial charge in [0.2, 0.25) is 0 Å². The predicted octanol–water partition coefficient (Wildman–Crippen LogP) is 5.03. The first kappa shape index (κ1) is 17.3. The summed E-state index contributed by atoms with van der Waals surface area (Å²) < 4.78 is 15.6. The summed E-state index contributed by atoms with van der Waals surface area (Å²) in [7, 11) is 0. The Balaban J connectivity index is 0.000000510. The molecule has 0 radical (unpaired) electrons. The van der Waals surface area contributed by atoms with Gasteiger partial charge >= 0.3 is 0 Å². The van der Waals surface area contributed by atoms with E-state index in [1.165, 1.54) is 6.07 Å². The molecule has 0 aliphatic heterocycles. The summed E-state index contributed by atoms with van der Waals surface area (Å²) in [6.07, 6.45) is 3.15. The molecule has 3 rings (SSSR count). The largest absolute Gasteiger partial charge is 0.246 e. The van der Waals surface area contributed by atoms with Crippen LogP contribution in [0.1, 0.15) is 59.3 Å². The monoisotopic (exact) mass is 291 g/mol. The Morgan fingerprint density at radius 3 is 2.29 bits per heavy atom. The Bertz CT molecular complexity index is 545. The molecule has 1 aromatic heterocycles. The summed E-state index contributed by atoms with van der Waals surface area (Å²) in [6.45, 7) is 10.0. The molecule has 0 spiro atoms. The highest BCUT2D eigenvalue weighted by atomic mass is 19.1. The summed E-state index contributed by atoms with van der Waals surface area (Å²) in [5, 5.41) is 4.44. The van der Waals surface area contributed by atoms with E-state index in [4.69, 9.17) is 0 Å². The van der Waals surface area contributed by atoms with E-state index in [9.17, 15) is 4.39 Å². The molecule has 1 heterocycles. The summed E-state index contributed by atoms with van der Waals surface area (Å²) in [6, 6.07) is 7.14. The van der Waals surface area contributed by atoms with E-state index in [-0.39, 0.29) is 5.82 Å². The maximum atomic E-state index is 13.6. The Morgan fingerprint density at radius 2 is 1.76 bits per heavy atom. The minimum Gasteiger partial charge on any atom is -0.246 e. The highest BCUT2D eigenvalue weighted by molar-refractivity contribution is 5.55. The van der Waals surface area contributed by atoms with Crippen LogP contribution in [0.25, 0.3) is 11.4 Å². The van der Waals surface area contributed by atoms with E-state index in [2.05, 4.69) is 10.1 Å². The number of aromatic nitrogens is 3. The van der Waals surface area contributed by atoms with Crippen LogP contribution in [0, 0.1) is 5.82 Å². The standard InChI is InChI=1S/C13H14FN3.2C2H6/c1-2-12-15-13(16-17(12)9-7-8-9)10-5-3-4-6-11(10)14;2*1-2/h3-6,9H,2,7-8H2,1H3;2*1-2H3. The minimum absolute atomic E-state index is 0.261. The molecular formula is C17H26FN3. The summed E-state index contributed by atoms with van der Waals surface area (Å²) >= 11 is 0. The summed E-state index contributed by atoms with van der Waals surface area (Å²) in [4.78, 5) is 4.43. The molecule has 1 aromatic carbocycles. The Morgan fingerprint density at radius 1 is 1.14 bits per heavy atom. The van der Waals surface area contributed by atoms with E-state index in [1.807, 2.05) is 45.4 Å². The SMILES string of the molecule is CC.CC.CCc1nc(-c2ccccc2F)nn1C1CC1. The summed E-state index contributed by atoms with van der Waals surface area (Å²) in [5.41, 5.74) is 0.488. The molecule has 0 N–H and O–H groups in total. The predicted molar refractivity (Wildman–Crippen MR) is 85.8 cm³/mol. The zero-order valence-electron chi connectivity index (χ0n) is 13.7. The zero-order valence-corrected chi connectivity index (χ0v) is 13.7. The average molecular weight is 291 g/mol. The highest BCUT2D eigenvalue weighted by Crippen LogP contribution is 2.36. The quantitative estimate of drug-likeness (QED) is 0.793. The maximum Gasteiger partial charge on any atom is 0.184 e. The van der Waals surface area contributed by atoms with Gasteiger partial charge < -0.3 is 0 Å². The lowest BCUT2D eigenvalue weighted by Crippen LogP contribution is -2.01. The second kappa shape index (κ2) is 8.55. The van der Waals surface area contributed by atoms with Crippen molar-refractivity contribution in [2.24, 2.45) is 0 Å². The number of rotatable bonds is 3. The molecule has 1 aliphatic rings. The molecule has 0 unspecified atom stereocenters. The van der Waals surface area contributed by atoms with Gasteiger partial charge in [-0.3, -0.25) is 0 Å². The molecular weight excluding hydrogens is 265 g/mol. The second-order valence-electron chi connectivity index (χ2n) is 4.36. The van der Waals surface area contributed by atoms with Gasteiger partial charge in [0, 0.05) is 6.42 Å². The van der Waals surface area contributed by atoms with Crippen LogP contribution in [0.5, 0.6) is 0 Å². The van der Waals surface area contributed by atoms with E-state index < -0.39 is 0 Å². The first-order chi connectivity index (χ1) is 10.3. The van der Waals surface area contributed by atoms with E-state index in [0.717, 1.165) is 25.1 Å². The van der Waals surface area contributed by atoms with Crippen LogP contribution in [0.15, 0.2) is 24.3 Å². The maximum absolute atomic E-state index is 13.6. The lowest BCUT2D eigenvalue weighted by Gasteiger charge is -1.99. The molecule has 0 atom stereocenters. The van der Waals surface area contributed by atoms with Gasteiger partial charge in [-0.1, -0.05) is 46.8 Å². The molecule has 3 nitrogen and oxygen atoms in total. The van der Waals surface area contributed by atoms with E-state index in [0.29, 0.717) is 17.4 Å². The third-order valence-electron chi connectivity index (χ3n) is 3.03. The van der Waals surface area contributed by atoms with Crippen molar-refractivity contribution in [1.82, 2.24) is 14.8 Å². The first-order valence-corrected chi connectivity index (χ1v) is 8.00. The molecule has 116 valence electrons. The van der Waals surface area contributed by atoms with Crippen LogP contribution < -0.4 is 0 Å². The van der Waals surface area contributed by atoms with Crippen molar-refractivity contribution >= 4 is 0 Å². The van der Waals surface area contributed by atoms with Gasteiger partial charge in [-0.15, -0.1) is 0 Å². The molecule has 4 heteroatoms. The van der Waals surface area contributed by atoms with Crippen LogP contribution >= 0.6 is 0 Å². The van der Waals surface area contributed by atoms with Crippen LogP contribution in [0.4, 0.5) is 4.39 Å². The Hall–Kier alpha value is -1.71. The number of hydrogen-bond acceptors (Lipinski definition) is 2. The van der Waals surface area contributed by atoms with Crippen molar-refractivity contribution in [3.63, 3.8) is 0 Å². The lowest BCUT2D eigenvalue weighted by atomic mass is 10.2. The third-order valence-corrected chi connectivity index (χ3v) is 3.03.